The first-order chi connectivity index (χ1) is 9.23. The predicted octanol–water partition coefficient (Wildman–Crippen LogP) is -0.997. The number of hydrogen-bond donors (Lipinski definition) is 5. The lowest BCUT2D eigenvalue weighted by Gasteiger charge is -2.14. The largest absolute Gasteiger partial charge is 0.481 e. The van der Waals surface area contributed by atoms with Crippen molar-refractivity contribution in [3.63, 3.8) is 0 Å². The van der Waals surface area contributed by atoms with Crippen LogP contribution in [-0.2, 0) is 19.2 Å². The van der Waals surface area contributed by atoms with Crippen molar-refractivity contribution in [2.24, 2.45) is 5.73 Å². The molecule has 0 bridgehead atoms. The molecule has 20 heavy (non-hydrogen) atoms. The van der Waals surface area contributed by atoms with Gasteiger partial charge < -0.3 is 26.4 Å². The Morgan fingerprint density at radius 3 is 2.00 bits per heavy atom. The molecule has 0 fully saturated rings. The van der Waals surface area contributed by atoms with Gasteiger partial charge in [0.25, 0.3) is 0 Å². The molecule has 0 heterocycles. The van der Waals surface area contributed by atoms with Gasteiger partial charge in [0.1, 0.15) is 12.1 Å². The second-order valence-electron chi connectivity index (χ2n) is 4.23. The van der Waals surface area contributed by atoms with E-state index < -0.39 is 35.9 Å². The Balaban J connectivity index is 4.17. The fourth-order valence-electron chi connectivity index (χ4n) is 1.39. The van der Waals surface area contributed by atoms with E-state index in [9.17, 15) is 19.2 Å². The van der Waals surface area contributed by atoms with Crippen molar-refractivity contribution < 1.29 is 34.5 Å². The summed E-state index contributed by atoms with van der Waals surface area (Å²) in [4.78, 5) is 43.1. The van der Waals surface area contributed by atoms with Gasteiger partial charge in [0, 0.05) is 12.8 Å². The van der Waals surface area contributed by atoms with E-state index in [0.29, 0.717) is 0 Å². The van der Waals surface area contributed by atoms with Gasteiger partial charge in [-0.2, -0.15) is 0 Å². The van der Waals surface area contributed by atoms with Gasteiger partial charge >= 0.3 is 17.9 Å². The van der Waals surface area contributed by atoms with Crippen molar-refractivity contribution in [3.05, 3.63) is 0 Å². The molecule has 0 spiro atoms. The number of nitrogens with one attached hydrogen (secondary N) is 1. The molecule has 2 atom stereocenters. The Hall–Kier alpha value is -2.16. The van der Waals surface area contributed by atoms with Crippen LogP contribution in [0, 0.1) is 0 Å². The smallest absolute Gasteiger partial charge is 0.326 e. The summed E-state index contributed by atoms with van der Waals surface area (Å²) in [5, 5.41) is 28.0. The van der Waals surface area contributed by atoms with Crippen molar-refractivity contribution in [1.82, 2.24) is 5.32 Å². The molecule has 0 aliphatic heterocycles. The standard InChI is InChI=1S/C11H18N2O7/c12-6(10(17)18)4-5-8(14)13-7(11(19)20)2-1-3-9(15)16/h6-7H,1-5,12H2,(H,13,14)(H,15,16)(H,17,18)(H,19,20). The van der Waals surface area contributed by atoms with Gasteiger partial charge in [-0.25, -0.2) is 4.79 Å². The Morgan fingerprint density at radius 1 is 0.950 bits per heavy atom. The topological polar surface area (TPSA) is 167 Å². The van der Waals surface area contributed by atoms with Gasteiger partial charge in [-0.05, 0) is 19.3 Å². The number of carbonyl (C=O) groups excluding carboxylic acids is 1. The summed E-state index contributed by atoms with van der Waals surface area (Å²) >= 11 is 0. The summed E-state index contributed by atoms with van der Waals surface area (Å²) in [6.07, 6.45) is -0.415. The van der Waals surface area contributed by atoms with E-state index in [1.807, 2.05) is 0 Å². The highest BCUT2D eigenvalue weighted by molar-refractivity contribution is 5.84. The van der Waals surface area contributed by atoms with Crippen LogP contribution in [0.3, 0.4) is 0 Å². The van der Waals surface area contributed by atoms with E-state index >= 15 is 0 Å². The molecule has 0 aliphatic carbocycles. The number of hydrogen-bond acceptors (Lipinski definition) is 5. The number of rotatable bonds is 10. The molecule has 9 nitrogen and oxygen atoms in total. The van der Waals surface area contributed by atoms with E-state index in [2.05, 4.69) is 5.32 Å². The molecular weight excluding hydrogens is 272 g/mol. The van der Waals surface area contributed by atoms with Crippen molar-refractivity contribution in [2.75, 3.05) is 0 Å². The minimum Gasteiger partial charge on any atom is -0.481 e. The summed E-state index contributed by atoms with van der Waals surface area (Å²) < 4.78 is 0. The lowest BCUT2D eigenvalue weighted by Crippen LogP contribution is -2.41. The fraction of sp³-hybridized carbons (Fsp3) is 0.636. The molecule has 0 aromatic rings. The average Bonchev–Trinajstić information content (AvgIpc) is 2.33. The van der Waals surface area contributed by atoms with Gasteiger partial charge in [0.2, 0.25) is 5.91 Å². The molecule has 114 valence electrons. The van der Waals surface area contributed by atoms with Crippen molar-refractivity contribution in [2.45, 2.75) is 44.2 Å². The lowest BCUT2D eigenvalue weighted by molar-refractivity contribution is -0.143. The quantitative estimate of drug-likeness (QED) is 0.341. The van der Waals surface area contributed by atoms with E-state index in [0.717, 1.165) is 0 Å². The maximum absolute atomic E-state index is 11.4. The van der Waals surface area contributed by atoms with Gasteiger partial charge in [-0.15, -0.1) is 0 Å². The van der Waals surface area contributed by atoms with Gasteiger partial charge in [0.15, 0.2) is 0 Å². The highest BCUT2D eigenvalue weighted by Crippen LogP contribution is 2.03. The van der Waals surface area contributed by atoms with Crippen LogP contribution in [0.25, 0.3) is 0 Å². The van der Waals surface area contributed by atoms with E-state index in [1.54, 1.807) is 0 Å². The van der Waals surface area contributed by atoms with Crippen LogP contribution in [0.15, 0.2) is 0 Å². The maximum atomic E-state index is 11.4. The summed E-state index contributed by atoms with van der Waals surface area (Å²) in [6, 6.07) is -2.38. The first kappa shape index (κ1) is 17.8. The van der Waals surface area contributed by atoms with E-state index in [4.69, 9.17) is 21.1 Å². The van der Waals surface area contributed by atoms with Crippen LogP contribution >= 0.6 is 0 Å². The normalized spacial score (nSPS) is 13.2. The van der Waals surface area contributed by atoms with Crippen molar-refractivity contribution in [3.8, 4) is 0 Å². The third kappa shape index (κ3) is 8.03. The fourth-order valence-corrected chi connectivity index (χ4v) is 1.39. The second kappa shape index (κ2) is 8.86. The molecule has 9 heteroatoms. The van der Waals surface area contributed by atoms with Crippen LogP contribution in [0.5, 0.6) is 0 Å². The number of nitrogens with two attached hydrogens (primary N) is 1. The molecule has 6 N–H and O–H groups in total. The highest BCUT2D eigenvalue weighted by atomic mass is 16.4. The number of carboxylic acid groups (broad SMARTS) is 3. The molecule has 0 rings (SSSR count). The summed E-state index contributed by atoms with van der Waals surface area (Å²) in [5.74, 6) is -4.20. The Labute approximate surface area is 114 Å². The minimum absolute atomic E-state index is 0.0155. The van der Waals surface area contributed by atoms with Crippen LogP contribution in [0.2, 0.25) is 0 Å². The van der Waals surface area contributed by atoms with Crippen LogP contribution < -0.4 is 11.1 Å². The van der Waals surface area contributed by atoms with E-state index in [1.165, 1.54) is 0 Å². The summed E-state index contributed by atoms with van der Waals surface area (Å²) in [7, 11) is 0. The number of carboxylic acids is 3. The molecule has 0 aromatic heterocycles. The summed E-state index contributed by atoms with van der Waals surface area (Å²) in [5.41, 5.74) is 5.21. The molecule has 0 aromatic carbocycles. The summed E-state index contributed by atoms with van der Waals surface area (Å²) in [6.45, 7) is 0. The Bertz CT molecular complexity index is 383. The van der Waals surface area contributed by atoms with Crippen molar-refractivity contribution >= 4 is 23.8 Å². The minimum atomic E-state index is -1.27. The molecular formula is C11H18N2O7. The maximum Gasteiger partial charge on any atom is 0.326 e. The first-order valence-corrected chi connectivity index (χ1v) is 5.96. The third-order valence-corrected chi connectivity index (χ3v) is 2.52. The zero-order valence-corrected chi connectivity index (χ0v) is 10.7. The monoisotopic (exact) mass is 290 g/mol. The van der Waals surface area contributed by atoms with Gasteiger partial charge in [-0.3, -0.25) is 14.4 Å². The Morgan fingerprint density at radius 2 is 1.55 bits per heavy atom. The van der Waals surface area contributed by atoms with Gasteiger partial charge in [-0.1, -0.05) is 0 Å². The van der Waals surface area contributed by atoms with Crippen LogP contribution in [0.1, 0.15) is 32.1 Å². The highest BCUT2D eigenvalue weighted by Gasteiger charge is 2.21. The molecule has 0 saturated heterocycles. The van der Waals surface area contributed by atoms with Crippen LogP contribution in [0.4, 0.5) is 0 Å². The zero-order valence-electron chi connectivity index (χ0n) is 10.7. The average molecular weight is 290 g/mol. The molecule has 1 amide bonds. The number of aliphatic carboxylic acids is 3. The van der Waals surface area contributed by atoms with Crippen LogP contribution in [-0.4, -0.2) is 51.2 Å². The zero-order chi connectivity index (χ0) is 15.7. The van der Waals surface area contributed by atoms with E-state index in [-0.39, 0.29) is 32.1 Å². The second-order valence-corrected chi connectivity index (χ2v) is 4.23. The van der Waals surface area contributed by atoms with Gasteiger partial charge in [0.05, 0.1) is 0 Å². The van der Waals surface area contributed by atoms with Crippen molar-refractivity contribution in [1.29, 1.82) is 0 Å². The molecule has 0 aliphatic rings. The molecule has 2 unspecified atom stereocenters. The molecule has 0 radical (unpaired) electrons. The Kier molecular flexibility index (Phi) is 7.90. The number of carbonyl (C=O) groups is 4. The predicted molar refractivity (Wildman–Crippen MR) is 65.9 cm³/mol. The molecule has 0 saturated carbocycles. The number of amides is 1. The SMILES string of the molecule is NC(CCC(=O)NC(CCCC(=O)O)C(=O)O)C(=O)O. The first-order valence-electron chi connectivity index (χ1n) is 5.96. The lowest BCUT2D eigenvalue weighted by atomic mass is 10.1. The third-order valence-electron chi connectivity index (χ3n) is 2.52.